The van der Waals surface area contributed by atoms with E-state index in [-0.39, 0.29) is 11.7 Å². The third-order valence-corrected chi connectivity index (χ3v) is 4.12. The number of hydrogen-bond acceptors (Lipinski definition) is 1. The summed E-state index contributed by atoms with van der Waals surface area (Å²) < 4.78 is 13.0. The molecule has 0 aromatic heterocycles. The molecule has 0 atom stereocenters. The number of amides is 1. The van der Waals surface area contributed by atoms with E-state index in [1.165, 1.54) is 37.8 Å². The summed E-state index contributed by atoms with van der Waals surface area (Å²) in [5, 5.41) is 2.98. The van der Waals surface area contributed by atoms with Gasteiger partial charge in [-0.25, -0.2) is 4.39 Å². The lowest BCUT2D eigenvalue weighted by Crippen LogP contribution is -2.31. The van der Waals surface area contributed by atoms with Crippen LogP contribution >= 0.6 is 0 Å². The van der Waals surface area contributed by atoms with Crippen molar-refractivity contribution < 1.29 is 9.18 Å². The standard InChI is InChI=1S/C16H22FNO/c1-11-3-5-13(6-4-11)10-18-16(19)15-8-7-14(17)9-12(15)2/h7-9,11,13H,3-6,10H2,1-2H3,(H,18,19). The minimum Gasteiger partial charge on any atom is -0.352 e. The molecule has 1 amide bonds. The molecule has 0 heterocycles. The van der Waals surface area contributed by atoms with E-state index in [0.29, 0.717) is 17.0 Å². The number of rotatable bonds is 3. The maximum atomic E-state index is 13.0. The van der Waals surface area contributed by atoms with Crippen LogP contribution in [-0.4, -0.2) is 12.5 Å². The van der Waals surface area contributed by atoms with Gasteiger partial charge in [-0.2, -0.15) is 0 Å². The van der Waals surface area contributed by atoms with E-state index in [2.05, 4.69) is 12.2 Å². The highest BCUT2D eigenvalue weighted by Crippen LogP contribution is 2.27. The molecule has 1 fully saturated rings. The lowest BCUT2D eigenvalue weighted by Gasteiger charge is -2.26. The van der Waals surface area contributed by atoms with Crippen molar-refractivity contribution in [2.45, 2.75) is 39.5 Å². The topological polar surface area (TPSA) is 29.1 Å². The quantitative estimate of drug-likeness (QED) is 0.885. The van der Waals surface area contributed by atoms with Gasteiger partial charge in [-0.1, -0.05) is 19.8 Å². The van der Waals surface area contributed by atoms with Gasteiger partial charge in [0.25, 0.3) is 5.91 Å². The molecule has 0 spiro atoms. The van der Waals surface area contributed by atoms with Gasteiger partial charge in [0, 0.05) is 12.1 Å². The van der Waals surface area contributed by atoms with E-state index < -0.39 is 0 Å². The number of benzene rings is 1. The molecule has 0 saturated heterocycles. The van der Waals surface area contributed by atoms with E-state index in [4.69, 9.17) is 0 Å². The van der Waals surface area contributed by atoms with Gasteiger partial charge in [-0.05, 0) is 55.4 Å². The number of hydrogen-bond donors (Lipinski definition) is 1. The summed E-state index contributed by atoms with van der Waals surface area (Å²) in [7, 11) is 0. The normalized spacial score (nSPS) is 23.1. The summed E-state index contributed by atoms with van der Waals surface area (Å²) in [5.41, 5.74) is 1.26. The van der Waals surface area contributed by atoms with Crippen LogP contribution in [-0.2, 0) is 0 Å². The van der Waals surface area contributed by atoms with Gasteiger partial charge in [0.2, 0.25) is 0 Å². The van der Waals surface area contributed by atoms with Crippen molar-refractivity contribution in [2.24, 2.45) is 11.8 Å². The van der Waals surface area contributed by atoms with E-state index in [1.54, 1.807) is 13.0 Å². The van der Waals surface area contributed by atoms with E-state index in [0.717, 1.165) is 12.5 Å². The second-order valence-electron chi connectivity index (χ2n) is 5.80. The summed E-state index contributed by atoms with van der Waals surface area (Å²) in [5.74, 6) is 1.04. The molecule has 104 valence electrons. The van der Waals surface area contributed by atoms with Gasteiger partial charge in [-0.15, -0.1) is 0 Å². The largest absolute Gasteiger partial charge is 0.352 e. The van der Waals surface area contributed by atoms with Crippen LogP contribution in [0.2, 0.25) is 0 Å². The fourth-order valence-corrected chi connectivity index (χ4v) is 2.75. The molecule has 0 aliphatic heterocycles. The molecule has 19 heavy (non-hydrogen) atoms. The van der Waals surface area contributed by atoms with Crippen LogP contribution in [0.4, 0.5) is 4.39 Å². The molecule has 0 radical (unpaired) electrons. The number of carbonyl (C=O) groups is 1. The average Bonchev–Trinajstić information content (AvgIpc) is 2.37. The van der Waals surface area contributed by atoms with Crippen molar-refractivity contribution in [3.8, 4) is 0 Å². The Balaban J connectivity index is 1.87. The zero-order chi connectivity index (χ0) is 13.8. The lowest BCUT2D eigenvalue weighted by molar-refractivity contribution is 0.0941. The predicted octanol–water partition coefficient (Wildman–Crippen LogP) is 3.69. The van der Waals surface area contributed by atoms with E-state index in [9.17, 15) is 9.18 Å². The molecule has 2 rings (SSSR count). The zero-order valence-electron chi connectivity index (χ0n) is 11.7. The van der Waals surface area contributed by atoms with E-state index >= 15 is 0 Å². The third-order valence-electron chi connectivity index (χ3n) is 4.12. The second kappa shape index (κ2) is 6.18. The first kappa shape index (κ1) is 14.0. The highest BCUT2D eigenvalue weighted by atomic mass is 19.1. The Morgan fingerprint density at radius 1 is 1.32 bits per heavy atom. The number of nitrogens with one attached hydrogen (secondary N) is 1. The van der Waals surface area contributed by atoms with Gasteiger partial charge in [0.05, 0.1) is 0 Å². The molecule has 1 aromatic carbocycles. The molecular weight excluding hydrogens is 241 g/mol. The molecular formula is C16H22FNO. The van der Waals surface area contributed by atoms with Crippen molar-refractivity contribution in [3.05, 3.63) is 35.1 Å². The van der Waals surface area contributed by atoms with Gasteiger partial charge >= 0.3 is 0 Å². The SMILES string of the molecule is Cc1cc(F)ccc1C(=O)NCC1CCC(C)CC1. The summed E-state index contributed by atoms with van der Waals surface area (Å²) in [6.07, 6.45) is 4.92. The Hall–Kier alpha value is -1.38. The van der Waals surface area contributed by atoms with Crippen LogP contribution in [0.1, 0.15) is 48.5 Å². The molecule has 1 aliphatic rings. The molecule has 1 saturated carbocycles. The van der Waals surface area contributed by atoms with Gasteiger partial charge in [0.1, 0.15) is 5.82 Å². The number of halogens is 1. The predicted molar refractivity (Wildman–Crippen MR) is 74.6 cm³/mol. The highest BCUT2D eigenvalue weighted by Gasteiger charge is 2.19. The molecule has 1 aliphatic carbocycles. The van der Waals surface area contributed by atoms with Gasteiger partial charge < -0.3 is 5.32 Å². The Morgan fingerprint density at radius 3 is 2.63 bits per heavy atom. The molecule has 1 N–H and O–H groups in total. The van der Waals surface area contributed by atoms with Crippen LogP contribution in [0.25, 0.3) is 0 Å². The van der Waals surface area contributed by atoms with Crippen LogP contribution in [0, 0.1) is 24.6 Å². The minimum absolute atomic E-state index is 0.0869. The first-order valence-electron chi connectivity index (χ1n) is 7.10. The van der Waals surface area contributed by atoms with E-state index in [1.807, 2.05) is 0 Å². The Morgan fingerprint density at radius 2 is 2.00 bits per heavy atom. The Labute approximate surface area is 114 Å². The van der Waals surface area contributed by atoms with Crippen LogP contribution < -0.4 is 5.32 Å². The van der Waals surface area contributed by atoms with Crippen LogP contribution in [0.3, 0.4) is 0 Å². The van der Waals surface area contributed by atoms with Crippen molar-refractivity contribution in [1.29, 1.82) is 0 Å². The maximum absolute atomic E-state index is 13.0. The number of aryl methyl sites for hydroxylation is 1. The summed E-state index contributed by atoms with van der Waals surface area (Å²) >= 11 is 0. The summed E-state index contributed by atoms with van der Waals surface area (Å²) in [6.45, 7) is 4.79. The fourth-order valence-electron chi connectivity index (χ4n) is 2.75. The van der Waals surface area contributed by atoms with Gasteiger partial charge in [0.15, 0.2) is 0 Å². The molecule has 2 nitrogen and oxygen atoms in total. The zero-order valence-corrected chi connectivity index (χ0v) is 11.7. The van der Waals surface area contributed by atoms with Crippen molar-refractivity contribution in [2.75, 3.05) is 6.54 Å². The average molecular weight is 263 g/mol. The molecule has 0 bridgehead atoms. The maximum Gasteiger partial charge on any atom is 0.251 e. The van der Waals surface area contributed by atoms with Crippen LogP contribution in [0.5, 0.6) is 0 Å². The molecule has 0 unspecified atom stereocenters. The third kappa shape index (κ3) is 3.79. The fraction of sp³-hybridized carbons (Fsp3) is 0.562. The van der Waals surface area contributed by atoms with Crippen molar-refractivity contribution >= 4 is 5.91 Å². The minimum atomic E-state index is -0.296. The van der Waals surface area contributed by atoms with Crippen LogP contribution in [0.15, 0.2) is 18.2 Å². The van der Waals surface area contributed by atoms with Crippen molar-refractivity contribution in [3.63, 3.8) is 0 Å². The second-order valence-corrected chi connectivity index (χ2v) is 5.80. The Bertz CT molecular complexity index is 450. The lowest BCUT2D eigenvalue weighted by atomic mass is 9.83. The van der Waals surface area contributed by atoms with Crippen molar-refractivity contribution in [1.82, 2.24) is 5.32 Å². The molecule has 1 aromatic rings. The first-order chi connectivity index (χ1) is 9.06. The summed E-state index contributed by atoms with van der Waals surface area (Å²) in [4.78, 5) is 12.1. The Kier molecular flexibility index (Phi) is 4.56. The van der Waals surface area contributed by atoms with Gasteiger partial charge in [-0.3, -0.25) is 4.79 Å². The summed E-state index contributed by atoms with van der Waals surface area (Å²) in [6, 6.07) is 4.30. The highest BCUT2D eigenvalue weighted by molar-refractivity contribution is 5.95. The number of carbonyl (C=O) groups excluding carboxylic acids is 1. The first-order valence-corrected chi connectivity index (χ1v) is 7.10. The smallest absolute Gasteiger partial charge is 0.251 e. The molecule has 3 heteroatoms. The monoisotopic (exact) mass is 263 g/mol.